The molecular weight excluding hydrogens is 180 g/mol. The predicted molar refractivity (Wildman–Crippen MR) is 53.7 cm³/mol. The van der Waals surface area contributed by atoms with E-state index in [1.54, 1.807) is 0 Å². The Kier molecular flexibility index (Phi) is 3.93. The van der Waals surface area contributed by atoms with Gasteiger partial charge in [-0.3, -0.25) is 4.79 Å². The van der Waals surface area contributed by atoms with Gasteiger partial charge in [0, 0.05) is 13.3 Å². The number of ether oxygens (including phenoxy) is 2. The summed E-state index contributed by atoms with van der Waals surface area (Å²) in [7, 11) is 0. The van der Waals surface area contributed by atoms with Gasteiger partial charge in [-0.1, -0.05) is 20.8 Å². The minimum Gasteiger partial charge on any atom is -0.436 e. The molecule has 14 heavy (non-hydrogen) atoms. The van der Waals surface area contributed by atoms with Gasteiger partial charge in [0.1, 0.15) is 0 Å². The van der Waals surface area contributed by atoms with Crippen LogP contribution < -0.4 is 0 Å². The summed E-state index contributed by atoms with van der Waals surface area (Å²) in [6.07, 6.45) is 1.79. The van der Waals surface area contributed by atoms with E-state index in [4.69, 9.17) is 9.47 Å². The van der Waals surface area contributed by atoms with E-state index in [0.717, 1.165) is 12.8 Å². The molecule has 1 heterocycles. The number of rotatable bonds is 2. The Labute approximate surface area is 85.8 Å². The summed E-state index contributed by atoms with van der Waals surface area (Å²) in [5.74, 6) is 0.775. The number of hydrogen-bond acceptors (Lipinski definition) is 3. The molecule has 0 radical (unpaired) electrons. The van der Waals surface area contributed by atoms with Crippen LogP contribution >= 0.6 is 0 Å². The maximum absolute atomic E-state index is 10.8. The van der Waals surface area contributed by atoms with Crippen molar-refractivity contribution < 1.29 is 14.3 Å². The Morgan fingerprint density at radius 3 is 2.57 bits per heavy atom. The zero-order chi connectivity index (χ0) is 10.7. The molecule has 82 valence electrons. The van der Waals surface area contributed by atoms with E-state index >= 15 is 0 Å². The van der Waals surface area contributed by atoms with Crippen LogP contribution in [0.25, 0.3) is 0 Å². The van der Waals surface area contributed by atoms with E-state index in [9.17, 15) is 4.79 Å². The maximum Gasteiger partial charge on any atom is 0.304 e. The van der Waals surface area contributed by atoms with Gasteiger partial charge in [-0.2, -0.15) is 0 Å². The summed E-state index contributed by atoms with van der Waals surface area (Å²) in [5, 5.41) is 0. The number of carbonyl (C=O) groups is 1. The Hall–Kier alpha value is -0.570. The fourth-order valence-corrected chi connectivity index (χ4v) is 2.03. The summed E-state index contributed by atoms with van der Waals surface area (Å²) in [6, 6.07) is 0. The van der Waals surface area contributed by atoms with Crippen molar-refractivity contribution in [3.63, 3.8) is 0 Å². The van der Waals surface area contributed by atoms with Crippen LogP contribution in [0.4, 0.5) is 0 Å². The van der Waals surface area contributed by atoms with E-state index in [0.29, 0.717) is 11.8 Å². The first-order valence-corrected chi connectivity index (χ1v) is 5.33. The van der Waals surface area contributed by atoms with E-state index in [-0.39, 0.29) is 18.4 Å². The van der Waals surface area contributed by atoms with Crippen molar-refractivity contribution in [2.75, 3.05) is 0 Å². The van der Waals surface area contributed by atoms with Crippen molar-refractivity contribution in [3.8, 4) is 0 Å². The summed E-state index contributed by atoms with van der Waals surface area (Å²) in [6.45, 7) is 7.88. The third-order valence-electron chi connectivity index (χ3n) is 2.68. The zero-order valence-corrected chi connectivity index (χ0v) is 9.45. The van der Waals surface area contributed by atoms with Crippen LogP contribution in [-0.4, -0.2) is 18.4 Å². The lowest BCUT2D eigenvalue weighted by Gasteiger charge is -2.36. The summed E-state index contributed by atoms with van der Waals surface area (Å²) in [5.41, 5.74) is 0. The molecular formula is C11H20O3. The molecule has 0 spiro atoms. The van der Waals surface area contributed by atoms with Gasteiger partial charge >= 0.3 is 5.97 Å². The molecule has 0 amide bonds. The van der Waals surface area contributed by atoms with Gasteiger partial charge in [0.05, 0.1) is 6.10 Å². The van der Waals surface area contributed by atoms with Crippen LogP contribution in [0.2, 0.25) is 0 Å². The molecule has 0 aromatic carbocycles. The molecule has 1 aliphatic rings. The van der Waals surface area contributed by atoms with Gasteiger partial charge in [-0.15, -0.1) is 0 Å². The van der Waals surface area contributed by atoms with E-state index in [2.05, 4.69) is 20.8 Å². The minimum absolute atomic E-state index is 0.216. The number of carbonyl (C=O) groups excluding carboxylic acids is 1. The second-order valence-corrected chi connectivity index (χ2v) is 4.44. The molecule has 0 aliphatic carbocycles. The van der Waals surface area contributed by atoms with Gasteiger partial charge in [0.2, 0.25) is 6.29 Å². The lowest BCUT2D eigenvalue weighted by molar-refractivity contribution is -0.216. The van der Waals surface area contributed by atoms with Crippen molar-refractivity contribution >= 4 is 5.97 Å². The highest BCUT2D eigenvalue weighted by molar-refractivity contribution is 5.66. The third kappa shape index (κ3) is 2.98. The van der Waals surface area contributed by atoms with Crippen molar-refractivity contribution in [2.45, 2.75) is 52.9 Å². The first-order valence-electron chi connectivity index (χ1n) is 5.33. The van der Waals surface area contributed by atoms with Crippen LogP contribution in [0.1, 0.15) is 40.5 Å². The van der Waals surface area contributed by atoms with E-state index < -0.39 is 0 Å². The highest BCUT2D eigenvalue weighted by atomic mass is 16.7. The van der Waals surface area contributed by atoms with Crippen molar-refractivity contribution in [1.29, 1.82) is 0 Å². The Morgan fingerprint density at radius 1 is 1.43 bits per heavy atom. The average Bonchev–Trinajstić information content (AvgIpc) is 2.07. The quantitative estimate of drug-likeness (QED) is 0.642. The molecule has 3 heteroatoms. The first kappa shape index (κ1) is 11.5. The van der Waals surface area contributed by atoms with E-state index in [1.165, 1.54) is 6.92 Å². The molecule has 1 rings (SSSR count). The summed E-state index contributed by atoms with van der Waals surface area (Å²) < 4.78 is 10.8. The smallest absolute Gasteiger partial charge is 0.304 e. The van der Waals surface area contributed by atoms with Crippen LogP contribution in [0.5, 0.6) is 0 Å². The predicted octanol–water partition coefficient (Wildman–Crippen LogP) is 2.35. The van der Waals surface area contributed by atoms with Crippen molar-refractivity contribution in [2.24, 2.45) is 11.8 Å². The monoisotopic (exact) mass is 200 g/mol. The van der Waals surface area contributed by atoms with Gasteiger partial charge in [0.15, 0.2) is 0 Å². The Bertz CT molecular complexity index is 201. The number of hydrogen-bond donors (Lipinski definition) is 0. The molecule has 0 aromatic heterocycles. The molecule has 0 N–H and O–H groups in total. The summed E-state index contributed by atoms with van der Waals surface area (Å²) >= 11 is 0. The summed E-state index contributed by atoms with van der Waals surface area (Å²) in [4.78, 5) is 10.8. The second kappa shape index (κ2) is 4.78. The first-order chi connectivity index (χ1) is 6.50. The standard InChI is InChI=1S/C11H20O3/c1-7(2)11-8(3)5-6-10(14-11)13-9(4)12/h7-8,10-11H,5-6H2,1-4H3/t8-,10?,11-/m1/s1. The number of esters is 1. The molecule has 3 nitrogen and oxygen atoms in total. The molecule has 1 saturated heterocycles. The molecule has 1 unspecified atom stereocenters. The lowest BCUT2D eigenvalue weighted by Crippen LogP contribution is -2.39. The normalized spacial score (nSPS) is 33.1. The SMILES string of the molecule is CC(=O)OC1CC[C@@H](C)[C@@H](C(C)C)O1. The van der Waals surface area contributed by atoms with Crippen LogP contribution in [-0.2, 0) is 14.3 Å². The van der Waals surface area contributed by atoms with Crippen LogP contribution in [0.15, 0.2) is 0 Å². The van der Waals surface area contributed by atoms with Crippen LogP contribution in [0, 0.1) is 11.8 Å². The molecule has 3 atom stereocenters. The van der Waals surface area contributed by atoms with Gasteiger partial charge < -0.3 is 9.47 Å². The van der Waals surface area contributed by atoms with Crippen molar-refractivity contribution in [3.05, 3.63) is 0 Å². The second-order valence-electron chi connectivity index (χ2n) is 4.44. The average molecular weight is 200 g/mol. The maximum atomic E-state index is 10.8. The Balaban J connectivity index is 2.48. The fraction of sp³-hybridized carbons (Fsp3) is 0.909. The zero-order valence-electron chi connectivity index (χ0n) is 9.45. The highest BCUT2D eigenvalue weighted by Crippen LogP contribution is 2.29. The molecule has 1 fully saturated rings. The lowest BCUT2D eigenvalue weighted by atomic mass is 9.89. The molecule has 0 bridgehead atoms. The van der Waals surface area contributed by atoms with E-state index in [1.807, 2.05) is 0 Å². The Morgan fingerprint density at radius 2 is 2.07 bits per heavy atom. The topological polar surface area (TPSA) is 35.5 Å². The minimum atomic E-state index is -0.323. The van der Waals surface area contributed by atoms with Crippen LogP contribution in [0.3, 0.4) is 0 Å². The molecule has 0 saturated carbocycles. The third-order valence-corrected chi connectivity index (χ3v) is 2.68. The van der Waals surface area contributed by atoms with Crippen molar-refractivity contribution in [1.82, 2.24) is 0 Å². The fourth-order valence-electron chi connectivity index (χ4n) is 2.03. The molecule has 1 aliphatic heterocycles. The largest absolute Gasteiger partial charge is 0.436 e. The van der Waals surface area contributed by atoms with Gasteiger partial charge in [0.25, 0.3) is 0 Å². The van der Waals surface area contributed by atoms with Gasteiger partial charge in [-0.25, -0.2) is 0 Å². The highest BCUT2D eigenvalue weighted by Gasteiger charge is 2.31. The molecule has 0 aromatic rings. The van der Waals surface area contributed by atoms with Gasteiger partial charge in [-0.05, 0) is 18.3 Å².